The number of nitrogens with zero attached hydrogens (tertiary/aromatic N) is 2. The molecule has 0 aliphatic carbocycles. The van der Waals surface area contributed by atoms with Gasteiger partial charge in [-0.3, -0.25) is 4.79 Å². The van der Waals surface area contributed by atoms with Gasteiger partial charge in [-0.25, -0.2) is 13.4 Å². The van der Waals surface area contributed by atoms with E-state index < -0.39 is 38.6 Å². The van der Waals surface area contributed by atoms with Gasteiger partial charge in [-0.2, -0.15) is 17.5 Å². The molecule has 4 rings (SSSR count). The summed E-state index contributed by atoms with van der Waals surface area (Å²) in [6.07, 6.45) is -4.25. The predicted molar refractivity (Wildman–Crippen MR) is 107 cm³/mol. The summed E-state index contributed by atoms with van der Waals surface area (Å²) >= 11 is 1.24. The molecule has 1 amide bonds. The van der Waals surface area contributed by atoms with Crippen LogP contribution in [0.25, 0.3) is 10.2 Å². The minimum absolute atomic E-state index is 0.0353. The highest BCUT2D eigenvalue weighted by molar-refractivity contribution is 7.89. The quantitative estimate of drug-likeness (QED) is 0.642. The summed E-state index contributed by atoms with van der Waals surface area (Å²) in [5.41, 5.74) is -0.560. The first kappa shape index (κ1) is 20.8. The molecule has 11 heteroatoms. The van der Waals surface area contributed by atoms with Gasteiger partial charge in [-0.15, -0.1) is 0 Å². The molecule has 3 aromatic rings. The summed E-state index contributed by atoms with van der Waals surface area (Å²) < 4.78 is 67.8. The van der Waals surface area contributed by atoms with Gasteiger partial charge >= 0.3 is 6.18 Å². The molecule has 30 heavy (non-hydrogen) atoms. The number of thiazole rings is 1. The number of alkyl halides is 3. The van der Waals surface area contributed by atoms with E-state index in [1.807, 2.05) is 12.1 Å². The van der Waals surface area contributed by atoms with Gasteiger partial charge in [0.25, 0.3) is 0 Å². The number of amides is 1. The lowest BCUT2D eigenvalue weighted by molar-refractivity contribution is -0.139. The van der Waals surface area contributed by atoms with E-state index in [2.05, 4.69) is 10.3 Å². The molecule has 1 N–H and O–H groups in total. The Bertz CT molecular complexity index is 1180. The van der Waals surface area contributed by atoms with Crippen LogP contribution in [0.2, 0.25) is 0 Å². The highest BCUT2D eigenvalue weighted by Gasteiger charge is 2.44. The second kappa shape index (κ2) is 7.64. The minimum atomic E-state index is -4.83. The molecule has 1 saturated heterocycles. The number of benzene rings is 2. The van der Waals surface area contributed by atoms with E-state index in [0.29, 0.717) is 17.1 Å². The van der Waals surface area contributed by atoms with Gasteiger partial charge in [0.2, 0.25) is 15.9 Å². The van der Waals surface area contributed by atoms with Crippen molar-refractivity contribution in [2.24, 2.45) is 0 Å². The third kappa shape index (κ3) is 3.80. The zero-order valence-electron chi connectivity index (χ0n) is 15.4. The number of aromatic nitrogens is 1. The molecule has 1 unspecified atom stereocenters. The maximum absolute atomic E-state index is 13.3. The molecule has 1 atom stereocenters. The first-order valence-corrected chi connectivity index (χ1v) is 11.3. The van der Waals surface area contributed by atoms with Crippen molar-refractivity contribution in [1.82, 2.24) is 9.29 Å². The van der Waals surface area contributed by atoms with Crippen LogP contribution >= 0.6 is 11.3 Å². The molecule has 1 fully saturated rings. The number of anilines is 1. The van der Waals surface area contributed by atoms with E-state index in [-0.39, 0.29) is 13.0 Å². The molecule has 2 aromatic carbocycles. The van der Waals surface area contributed by atoms with Crippen LogP contribution in [0.15, 0.2) is 53.4 Å². The van der Waals surface area contributed by atoms with Gasteiger partial charge < -0.3 is 5.32 Å². The van der Waals surface area contributed by atoms with Crippen molar-refractivity contribution in [2.75, 3.05) is 11.9 Å². The highest BCUT2D eigenvalue weighted by Crippen LogP contribution is 2.37. The second-order valence-corrected chi connectivity index (χ2v) is 9.63. The Morgan fingerprint density at radius 3 is 2.57 bits per heavy atom. The standard InChI is InChI=1S/C19H16F3N3O3S2/c20-19(21,22)12-6-1-4-10-16(12)30(27,28)25-11-5-8-14(25)17(26)24-18-23-13-7-2-3-9-15(13)29-18/h1-4,6-7,9-10,14H,5,8,11H2,(H,23,24,26). The topological polar surface area (TPSA) is 79.4 Å². The van der Waals surface area contributed by atoms with E-state index in [1.54, 1.807) is 12.1 Å². The molecule has 1 aromatic heterocycles. The molecule has 0 bridgehead atoms. The van der Waals surface area contributed by atoms with E-state index in [0.717, 1.165) is 27.2 Å². The van der Waals surface area contributed by atoms with Crippen LogP contribution in [0, 0.1) is 0 Å². The second-order valence-electron chi connectivity index (χ2n) is 6.74. The number of carbonyl (C=O) groups excluding carboxylic acids is 1. The monoisotopic (exact) mass is 455 g/mol. The number of fused-ring (bicyclic) bond motifs is 1. The van der Waals surface area contributed by atoms with Crippen LogP contribution in [0.3, 0.4) is 0 Å². The molecular formula is C19H16F3N3O3S2. The fourth-order valence-corrected chi connectivity index (χ4v) is 6.20. The van der Waals surface area contributed by atoms with Crippen molar-refractivity contribution in [3.63, 3.8) is 0 Å². The number of rotatable bonds is 4. The van der Waals surface area contributed by atoms with Crippen LogP contribution in [-0.2, 0) is 21.0 Å². The molecule has 6 nitrogen and oxygen atoms in total. The Labute approximate surface area is 174 Å². The van der Waals surface area contributed by atoms with Crippen molar-refractivity contribution in [2.45, 2.75) is 30.0 Å². The summed E-state index contributed by atoms with van der Waals surface area (Å²) in [5.74, 6) is -0.611. The van der Waals surface area contributed by atoms with Gasteiger partial charge in [0.1, 0.15) is 6.04 Å². The van der Waals surface area contributed by atoms with E-state index in [4.69, 9.17) is 0 Å². The van der Waals surface area contributed by atoms with Gasteiger partial charge in [-0.1, -0.05) is 35.6 Å². The first-order valence-electron chi connectivity index (χ1n) is 9.02. The molecular weight excluding hydrogens is 439 g/mol. The number of para-hydroxylation sites is 1. The summed E-state index contributed by atoms with van der Waals surface area (Å²) in [5, 5.41) is 2.92. The normalized spacial score (nSPS) is 18.0. The molecule has 158 valence electrons. The highest BCUT2D eigenvalue weighted by atomic mass is 32.2. The van der Waals surface area contributed by atoms with Crippen molar-refractivity contribution >= 4 is 42.6 Å². The number of nitrogens with one attached hydrogen (secondary N) is 1. The number of hydrogen-bond donors (Lipinski definition) is 1. The van der Waals surface area contributed by atoms with E-state index in [1.165, 1.54) is 17.4 Å². The van der Waals surface area contributed by atoms with Gasteiger partial charge in [0.15, 0.2) is 5.13 Å². The minimum Gasteiger partial charge on any atom is -0.301 e. The Hall–Kier alpha value is -2.50. The molecule has 2 heterocycles. The van der Waals surface area contributed by atoms with Crippen LogP contribution in [-0.4, -0.2) is 36.2 Å². The Morgan fingerprint density at radius 2 is 1.83 bits per heavy atom. The lowest BCUT2D eigenvalue weighted by atomic mass is 10.2. The molecule has 0 saturated carbocycles. The van der Waals surface area contributed by atoms with Crippen molar-refractivity contribution in [1.29, 1.82) is 0 Å². The molecule has 0 spiro atoms. The smallest absolute Gasteiger partial charge is 0.301 e. The number of halogens is 3. The van der Waals surface area contributed by atoms with Gasteiger partial charge in [0, 0.05) is 6.54 Å². The van der Waals surface area contributed by atoms with Gasteiger partial charge in [-0.05, 0) is 37.1 Å². The average molecular weight is 455 g/mol. The average Bonchev–Trinajstić information content (AvgIpc) is 3.34. The lowest BCUT2D eigenvalue weighted by Gasteiger charge is -2.24. The van der Waals surface area contributed by atoms with E-state index >= 15 is 0 Å². The van der Waals surface area contributed by atoms with Crippen LogP contribution in [0.5, 0.6) is 0 Å². The van der Waals surface area contributed by atoms with E-state index in [9.17, 15) is 26.4 Å². The molecule has 1 aliphatic heterocycles. The summed E-state index contributed by atoms with van der Waals surface area (Å²) in [6, 6.07) is 10.1. The van der Waals surface area contributed by atoms with Crippen molar-refractivity contribution in [3.05, 3.63) is 54.1 Å². The third-order valence-corrected chi connectivity index (χ3v) is 7.73. The maximum atomic E-state index is 13.3. The summed E-state index contributed by atoms with van der Waals surface area (Å²) in [4.78, 5) is 16.2. The third-order valence-electron chi connectivity index (χ3n) is 4.81. The largest absolute Gasteiger partial charge is 0.417 e. The van der Waals surface area contributed by atoms with Crippen LogP contribution < -0.4 is 5.32 Å². The maximum Gasteiger partial charge on any atom is 0.417 e. The van der Waals surface area contributed by atoms with Gasteiger partial charge in [0.05, 0.1) is 20.7 Å². The predicted octanol–water partition coefficient (Wildman–Crippen LogP) is 4.11. The van der Waals surface area contributed by atoms with Crippen LogP contribution in [0.4, 0.5) is 18.3 Å². The Balaban J connectivity index is 1.62. The number of carbonyl (C=O) groups is 1. The van der Waals surface area contributed by atoms with Crippen molar-refractivity contribution in [3.8, 4) is 0 Å². The number of hydrogen-bond acceptors (Lipinski definition) is 5. The van der Waals surface area contributed by atoms with Crippen molar-refractivity contribution < 1.29 is 26.4 Å². The van der Waals surface area contributed by atoms with Crippen LogP contribution in [0.1, 0.15) is 18.4 Å². The summed E-state index contributed by atoms with van der Waals surface area (Å²) in [6.45, 7) is -0.0353. The lowest BCUT2D eigenvalue weighted by Crippen LogP contribution is -2.43. The zero-order chi connectivity index (χ0) is 21.5. The molecule has 1 aliphatic rings. The zero-order valence-corrected chi connectivity index (χ0v) is 17.0. The SMILES string of the molecule is O=C(Nc1nc2ccccc2s1)C1CCCN1S(=O)(=O)c1ccccc1C(F)(F)F. The first-order chi connectivity index (χ1) is 14.2. The Morgan fingerprint density at radius 1 is 1.13 bits per heavy atom. The summed E-state index contributed by atoms with van der Waals surface area (Å²) in [7, 11) is -4.53. The Kier molecular flexibility index (Phi) is 5.28. The molecule has 0 radical (unpaired) electrons. The number of sulfonamides is 1. The fraction of sp³-hybridized carbons (Fsp3) is 0.263. The fourth-order valence-electron chi connectivity index (χ4n) is 3.46.